The zero-order valence-corrected chi connectivity index (χ0v) is 13.3. The zero-order valence-electron chi connectivity index (χ0n) is 10.9. The molecule has 0 saturated carbocycles. The Hall–Kier alpha value is -0.840. The minimum absolute atomic E-state index is 0.0243. The van der Waals surface area contributed by atoms with E-state index >= 15 is 0 Å². The average molecular weight is 378 g/mol. The number of rotatable bonds is 3. The second kappa shape index (κ2) is 5.66. The van der Waals surface area contributed by atoms with Gasteiger partial charge in [0.25, 0.3) is 0 Å². The number of benzene rings is 1. The normalized spacial score (nSPS) is 21.9. The molecule has 1 aliphatic rings. The van der Waals surface area contributed by atoms with Crippen LogP contribution in [0, 0.1) is 0 Å². The van der Waals surface area contributed by atoms with Gasteiger partial charge < -0.3 is 0 Å². The van der Waals surface area contributed by atoms with Crippen LogP contribution in [-0.4, -0.2) is 34.4 Å². The third-order valence-corrected chi connectivity index (χ3v) is 6.67. The molecule has 0 aromatic heterocycles. The molecule has 11 heteroatoms. The van der Waals surface area contributed by atoms with Crippen molar-refractivity contribution in [1.82, 2.24) is 4.72 Å². The molecular weight excluding hydrogens is 367 g/mol. The molecular formula is C11H11ClF3NO4S2. The Morgan fingerprint density at radius 1 is 1.27 bits per heavy atom. The Labute approximate surface area is 130 Å². The summed E-state index contributed by atoms with van der Waals surface area (Å²) in [5.41, 5.74) is -1.40. The van der Waals surface area contributed by atoms with Crippen molar-refractivity contribution in [3.05, 3.63) is 28.8 Å². The summed E-state index contributed by atoms with van der Waals surface area (Å²) in [6.45, 7) is 0. The van der Waals surface area contributed by atoms with Crippen molar-refractivity contribution in [3.8, 4) is 0 Å². The van der Waals surface area contributed by atoms with Crippen LogP contribution in [0.3, 0.4) is 0 Å². The van der Waals surface area contributed by atoms with Gasteiger partial charge in [0, 0.05) is 11.1 Å². The number of hydrogen-bond donors (Lipinski definition) is 1. The maximum Gasteiger partial charge on any atom is 0.417 e. The fraction of sp³-hybridized carbons (Fsp3) is 0.455. The lowest BCUT2D eigenvalue weighted by molar-refractivity contribution is -0.139. The van der Waals surface area contributed by atoms with Crippen LogP contribution in [0.1, 0.15) is 12.0 Å². The van der Waals surface area contributed by atoms with Crippen LogP contribution in [0.4, 0.5) is 13.2 Å². The molecule has 0 radical (unpaired) electrons. The van der Waals surface area contributed by atoms with Crippen LogP contribution >= 0.6 is 11.6 Å². The molecule has 1 aromatic carbocycles. The third kappa shape index (κ3) is 3.92. The number of sulfonamides is 1. The van der Waals surface area contributed by atoms with E-state index in [1.54, 1.807) is 0 Å². The van der Waals surface area contributed by atoms with Crippen molar-refractivity contribution in [2.45, 2.75) is 23.5 Å². The first-order valence-electron chi connectivity index (χ1n) is 6.00. The lowest BCUT2D eigenvalue weighted by atomic mass is 10.2. The van der Waals surface area contributed by atoms with Gasteiger partial charge in [-0.1, -0.05) is 11.6 Å². The van der Waals surface area contributed by atoms with Gasteiger partial charge in [0.1, 0.15) is 0 Å². The van der Waals surface area contributed by atoms with Crippen LogP contribution < -0.4 is 4.72 Å². The highest BCUT2D eigenvalue weighted by Crippen LogP contribution is 2.36. The highest BCUT2D eigenvalue weighted by atomic mass is 35.5. The molecule has 1 N–H and O–H groups in total. The second-order valence-corrected chi connectivity index (χ2v) is 9.21. The molecule has 1 aliphatic heterocycles. The smallest absolute Gasteiger partial charge is 0.229 e. The Kier molecular flexibility index (Phi) is 4.51. The Balaban J connectivity index is 2.38. The summed E-state index contributed by atoms with van der Waals surface area (Å²) >= 11 is 5.49. The maximum atomic E-state index is 12.9. The Morgan fingerprint density at radius 2 is 1.91 bits per heavy atom. The van der Waals surface area contributed by atoms with Crippen molar-refractivity contribution in [2.75, 3.05) is 11.5 Å². The minimum atomic E-state index is -4.91. The molecule has 5 nitrogen and oxygen atoms in total. The van der Waals surface area contributed by atoms with Gasteiger partial charge in [-0.05, 0) is 24.6 Å². The van der Waals surface area contributed by atoms with E-state index in [0.29, 0.717) is 6.07 Å². The topological polar surface area (TPSA) is 80.3 Å². The molecule has 22 heavy (non-hydrogen) atoms. The first kappa shape index (κ1) is 17.5. The van der Waals surface area contributed by atoms with Crippen molar-refractivity contribution in [3.63, 3.8) is 0 Å². The number of sulfone groups is 1. The van der Waals surface area contributed by atoms with Gasteiger partial charge in [0.05, 0.1) is 22.0 Å². The van der Waals surface area contributed by atoms with Gasteiger partial charge in [-0.3, -0.25) is 0 Å². The van der Waals surface area contributed by atoms with E-state index in [9.17, 15) is 30.0 Å². The van der Waals surface area contributed by atoms with Gasteiger partial charge in [-0.2, -0.15) is 13.2 Å². The van der Waals surface area contributed by atoms with E-state index < -0.39 is 48.3 Å². The van der Waals surface area contributed by atoms with Crippen LogP contribution in [0.5, 0.6) is 0 Å². The van der Waals surface area contributed by atoms with Gasteiger partial charge >= 0.3 is 6.18 Å². The summed E-state index contributed by atoms with van der Waals surface area (Å²) in [4.78, 5) is -0.978. The molecule has 1 heterocycles. The lowest BCUT2D eigenvalue weighted by Crippen LogP contribution is -2.36. The van der Waals surface area contributed by atoms with Crippen LogP contribution in [0.15, 0.2) is 23.1 Å². The monoisotopic (exact) mass is 377 g/mol. The van der Waals surface area contributed by atoms with E-state index in [1.165, 1.54) is 0 Å². The molecule has 0 bridgehead atoms. The first-order chi connectivity index (χ1) is 9.91. The molecule has 1 aromatic rings. The minimum Gasteiger partial charge on any atom is -0.229 e. The highest BCUT2D eigenvalue weighted by molar-refractivity contribution is 7.92. The molecule has 0 unspecified atom stereocenters. The highest BCUT2D eigenvalue weighted by Gasteiger charge is 2.39. The van der Waals surface area contributed by atoms with Gasteiger partial charge in [-0.15, -0.1) is 0 Å². The quantitative estimate of drug-likeness (QED) is 0.871. The van der Waals surface area contributed by atoms with Crippen LogP contribution in [-0.2, 0) is 26.0 Å². The summed E-state index contributed by atoms with van der Waals surface area (Å²) < 4.78 is 87.7. The summed E-state index contributed by atoms with van der Waals surface area (Å²) in [6, 6.07) is 1.35. The summed E-state index contributed by atoms with van der Waals surface area (Å²) in [7, 11) is -7.88. The third-order valence-electron chi connectivity index (χ3n) is 3.09. The Morgan fingerprint density at radius 3 is 2.41 bits per heavy atom. The van der Waals surface area contributed by atoms with E-state index in [4.69, 9.17) is 11.6 Å². The molecule has 1 fully saturated rings. The Bertz CT molecular complexity index is 790. The van der Waals surface area contributed by atoms with Gasteiger partial charge in [0.2, 0.25) is 10.0 Å². The predicted octanol–water partition coefficient (Wildman–Crippen LogP) is 1.82. The first-order valence-corrected chi connectivity index (χ1v) is 9.68. The SMILES string of the molecule is O=S1(=O)CC[C@H](NS(=O)(=O)c2ccc(Cl)cc2C(F)(F)F)C1. The fourth-order valence-corrected chi connectivity index (χ4v) is 5.56. The number of halogens is 4. The van der Waals surface area contributed by atoms with Crippen molar-refractivity contribution >= 4 is 31.5 Å². The predicted molar refractivity (Wildman–Crippen MR) is 73.8 cm³/mol. The standard InChI is InChI=1S/C11H11ClF3NO4S2/c12-7-1-2-10(9(5-7)11(13,14)15)22(19,20)16-8-3-4-21(17,18)6-8/h1-2,5,8,16H,3-4,6H2/t8-/m0/s1. The summed E-state index contributed by atoms with van der Waals surface area (Å²) in [5, 5.41) is -0.255. The van der Waals surface area contributed by atoms with Gasteiger partial charge in [0.15, 0.2) is 9.84 Å². The van der Waals surface area contributed by atoms with E-state index in [2.05, 4.69) is 0 Å². The maximum absolute atomic E-state index is 12.9. The number of nitrogens with one attached hydrogen (secondary N) is 1. The van der Waals surface area contributed by atoms with Gasteiger partial charge in [-0.25, -0.2) is 21.6 Å². The summed E-state index contributed by atoms with van der Waals surface area (Å²) in [6.07, 6.45) is -4.88. The van der Waals surface area contributed by atoms with E-state index in [-0.39, 0.29) is 17.2 Å². The number of alkyl halides is 3. The molecule has 1 atom stereocenters. The second-order valence-electron chi connectivity index (χ2n) is 4.86. The molecule has 124 valence electrons. The zero-order chi connectivity index (χ0) is 16.8. The van der Waals surface area contributed by atoms with Crippen molar-refractivity contribution in [2.24, 2.45) is 0 Å². The summed E-state index contributed by atoms with van der Waals surface area (Å²) in [5.74, 6) is -0.631. The van der Waals surface area contributed by atoms with E-state index in [0.717, 1.165) is 12.1 Å². The van der Waals surface area contributed by atoms with Crippen LogP contribution in [0.25, 0.3) is 0 Å². The largest absolute Gasteiger partial charge is 0.417 e. The molecule has 1 saturated heterocycles. The van der Waals surface area contributed by atoms with E-state index in [1.807, 2.05) is 4.72 Å². The van der Waals surface area contributed by atoms with Crippen LogP contribution in [0.2, 0.25) is 5.02 Å². The average Bonchev–Trinajstić information content (AvgIpc) is 2.66. The molecule has 0 aliphatic carbocycles. The fourth-order valence-electron chi connectivity index (χ4n) is 2.13. The number of hydrogen-bond acceptors (Lipinski definition) is 4. The van der Waals surface area contributed by atoms with Crippen molar-refractivity contribution in [1.29, 1.82) is 0 Å². The van der Waals surface area contributed by atoms with Crippen molar-refractivity contribution < 1.29 is 30.0 Å². The molecule has 2 rings (SSSR count). The molecule has 0 amide bonds. The lowest BCUT2D eigenvalue weighted by Gasteiger charge is -2.16. The molecule has 0 spiro atoms.